The molecule has 0 spiro atoms. The van der Waals surface area contributed by atoms with Crippen LogP contribution in [0.5, 0.6) is 0 Å². The second-order valence-electron chi connectivity index (χ2n) is 8.30. The van der Waals surface area contributed by atoms with Crippen molar-refractivity contribution in [2.24, 2.45) is 0 Å². The lowest BCUT2D eigenvalue weighted by Crippen LogP contribution is -2.66. The molecule has 0 aromatic heterocycles. The van der Waals surface area contributed by atoms with Gasteiger partial charge in [-0.2, -0.15) is 0 Å². The molecule has 188 valence electrons. The van der Waals surface area contributed by atoms with Gasteiger partial charge in [-0.3, -0.25) is 0 Å². The van der Waals surface area contributed by atoms with E-state index in [1.165, 1.54) is 13.8 Å². The number of rotatable bonds is 5. The van der Waals surface area contributed by atoms with Crippen molar-refractivity contribution in [3.05, 3.63) is 0 Å². The molecule has 3 rings (SSSR count). The fourth-order valence-corrected chi connectivity index (χ4v) is 3.92. The SMILES string of the molecule is C[C@@H]1O[C@@H](O)[C@H](O[C@@H]2O[C@H](CO)[C@@H](O)[C@H](O)[C@H]2O)[C@H](O[C@H]2O[C@@H](C)[C@@H](O)[C@@H](O)[C@@H]2O)[C@H]1O. The Balaban J connectivity index is 1.79. The summed E-state index contributed by atoms with van der Waals surface area (Å²) in [6.07, 6.45) is -22.6. The third-order valence-electron chi connectivity index (χ3n) is 6.02. The summed E-state index contributed by atoms with van der Waals surface area (Å²) in [6.45, 7) is 2.14. The Hall–Kier alpha value is -0.560. The Labute approximate surface area is 183 Å². The molecule has 0 amide bonds. The highest BCUT2D eigenvalue weighted by molar-refractivity contribution is 4.95. The smallest absolute Gasteiger partial charge is 0.187 e. The molecule has 0 radical (unpaired) electrons. The number of aliphatic hydroxyl groups is 9. The average molecular weight is 472 g/mol. The first kappa shape index (κ1) is 26.1. The topological polar surface area (TPSA) is 228 Å². The summed E-state index contributed by atoms with van der Waals surface area (Å²) in [4.78, 5) is 0. The average Bonchev–Trinajstić information content (AvgIpc) is 2.76. The molecule has 9 N–H and O–H groups in total. The molecule has 15 atom stereocenters. The third-order valence-corrected chi connectivity index (χ3v) is 6.02. The Morgan fingerprint density at radius 3 is 1.66 bits per heavy atom. The van der Waals surface area contributed by atoms with Gasteiger partial charge in [0.1, 0.15) is 61.0 Å². The van der Waals surface area contributed by atoms with E-state index in [9.17, 15) is 46.0 Å². The highest BCUT2D eigenvalue weighted by atomic mass is 16.8. The van der Waals surface area contributed by atoms with E-state index in [0.29, 0.717) is 0 Å². The summed E-state index contributed by atoms with van der Waals surface area (Å²) in [5, 5.41) is 90.4. The molecule has 0 aliphatic carbocycles. The van der Waals surface area contributed by atoms with Gasteiger partial charge in [0.2, 0.25) is 0 Å². The predicted octanol–water partition coefficient (Wildman–Crippen LogP) is -5.52. The van der Waals surface area contributed by atoms with E-state index >= 15 is 0 Å². The fourth-order valence-electron chi connectivity index (χ4n) is 3.92. The van der Waals surface area contributed by atoms with E-state index in [1.54, 1.807) is 0 Å². The quantitative estimate of drug-likeness (QED) is 0.182. The standard InChI is InChI=1S/C18H32O14/c1-4-7(20)10(23)12(25)17(29-4)31-14-8(21)5(2)28-16(27)15(14)32-18-13(26)11(24)9(22)6(3-19)30-18/h4-27H,3H2,1-2H3/t4-,5-,6+,7+,8-,9+,10+,11-,12-,13+,14+,15+,16+,17+,18-/m0/s1. The Morgan fingerprint density at radius 1 is 0.562 bits per heavy atom. The van der Waals surface area contributed by atoms with Gasteiger partial charge >= 0.3 is 0 Å². The first-order chi connectivity index (χ1) is 15.0. The van der Waals surface area contributed by atoms with Crippen LogP contribution in [0.25, 0.3) is 0 Å². The molecule has 14 nitrogen and oxygen atoms in total. The van der Waals surface area contributed by atoms with Crippen LogP contribution in [0, 0.1) is 0 Å². The van der Waals surface area contributed by atoms with Crippen molar-refractivity contribution in [3.8, 4) is 0 Å². The zero-order valence-corrected chi connectivity index (χ0v) is 17.4. The van der Waals surface area contributed by atoms with Crippen molar-refractivity contribution in [2.75, 3.05) is 6.61 Å². The minimum atomic E-state index is -1.80. The molecule has 0 saturated carbocycles. The Morgan fingerprint density at radius 2 is 1.06 bits per heavy atom. The van der Waals surface area contributed by atoms with Gasteiger partial charge in [-0.15, -0.1) is 0 Å². The van der Waals surface area contributed by atoms with Gasteiger partial charge in [0.25, 0.3) is 0 Å². The molecular formula is C18H32O14. The van der Waals surface area contributed by atoms with Gasteiger partial charge in [-0.25, -0.2) is 0 Å². The minimum absolute atomic E-state index is 0.714. The summed E-state index contributed by atoms with van der Waals surface area (Å²) in [6, 6.07) is 0. The number of hydrogen-bond donors (Lipinski definition) is 9. The second kappa shape index (κ2) is 10.4. The number of aliphatic hydroxyl groups excluding tert-OH is 9. The Bertz CT molecular complexity index is 608. The van der Waals surface area contributed by atoms with Crippen LogP contribution in [0.2, 0.25) is 0 Å². The van der Waals surface area contributed by atoms with Gasteiger partial charge in [0, 0.05) is 0 Å². The van der Waals surface area contributed by atoms with Crippen molar-refractivity contribution >= 4 is 0 Å². The second-order valence-corrected chi connectivity index (χ2v) is 8.30. The van der Waals surface area contributed by atoms with Crippen LogP contribution < -0.4 is 0 Å². The van der Waals surface area contributed by atoms with Crippen molar-refractivity contribution < 1.29 is 69.6 Å². The van der Waals surface area contributed by atoms with Crippen LogP contribution in [-0.4, -0.2) is 145 Å². The molecule has 3 aliphatic heterocycles. The zero-order valence-electron chi connectivity index (χ0n) is 17.4. The lowest BCUT2D eigenvalue weighted by molar-refractivity contribution is -0.384. The first-order valence-electron chi connectivity index (χ1n) is 10.3. The van der Waals surface area contributed by atoms with Crippen LogP contribution in [0.3, 0.4) is 0 Å². The molecule has 0 aromatic carbocycles. The zero-order chi connectivity index (χ0) is 23.9. The molecule has 0 bridgehead atoms. The van der Waals surface area contributed by atoms with Gasteiger partial charge in [-0.1, -0.05) is 0 Å². The maximum atomic E-state index is 10.6. The molecule has 0 unspecified atom stereocenters. The molecule has 32 heavy (non-hydrogen) atoms. The highest BCUT2D eigenvalue weighted by Gasteiger charge is 2.52. The summed E-state index contributed by atoms with van der Waals surface area (Å²) >= 11 is 0. The van der Waals surface area contributed by atoms with Crippen molar-refractivity contribution in [3.63, 3.8) is 0 Å². The molecule has 14 heteroatoms. The van der Waals surface area contributed by atoms with Gasteiger partial charge in [0.15, 0.2) is 18.9 Å². The molecule has 0 aromatic rings. The maximum absolute atomic E-state index is 10.6. The van der Waals surface area contributed by atoms with Crippen molar-refractivity contribution in [1.82, 2.24) is 0 Å². The summed E-state index contributed by atoms with van der Waals surface area (Å²) in [5.74, 6) is 0. The lowest BCUT2D eigenvalue weighted by atomic mass is 9.96. The van der Waals surface area contributed by atoms with Crippen molar-refractivity contribution in [1.29, 1.82) is 0 Å². The number of hydrogen-bond acceptors (Lipinski definition) is 14. The van der Waals surface area contributed by atoms with Crippen LogP contribution in [0.1, 0.15) is 13.8 Å². The van der Waals surface area contributed by atoms with Gasteiger partial charge < -0.3 is 69.6 Å². The Kier molecular flexibility index (Phi) is 8.44. The van der Waals surface area contributed by atoms with Crippen LogP contribution in [-0.2, 0) is 23.7 Å². The number of ether oxygens (including phenoxy) is 5. The van der Waals surface area contributed by atoms with E-state index in [4.69, 9.17) is 23.7 Å². The van der Waals surface area contributed by atoms with Gasteiger partial charge in [-0.05, 0) is 13.8 Å². The van der Waals surface area contributed by atoms with E-state index in [2.05, 4.69) is 0 Å². The van der Waals surface area contributed by atoms with E-state index in [0.717, 1.165) is 0 Å². The highest BCUT2D eigenvalue weighted by Crippen LogP contribution is 2.32. The molecule has 3 aliphatic rings. The molecule has 3 saturated heterocycles. The lowest BCUT2D eigenvalue weighted by Gasteiger charge is -2.47. The van der Waals surface area contributed by atoms with Crippen LogP contribution in [0.4, 0.5) is 0 Å². The van der Waals surface area contributed by atoms with E-state index in [-0.39, 0.29) is 0 Å². The predicted molar refractivity (Wildman–Crippen MR) is 98.4 cm³/mol. The summed E-state index contributed by atoms with van der Waals surface area (Å²) in [7, 11) is 0. The maximum Gasteiger partial charge on any atom is 0.187 e. The molecule has 3 heterocycles. The molecule has 3 fully saturated rings. The van der Waals surface area contributed by atoms with Crippen LogP contribution >= 0.6 is 0 Å². The third kappa shape index (κ3) is 4.94. The largest absolute Gasteiger partial charge is 0.394 e. The van der Waals surface area contributed by atoms with E-state index in [1.807, 2.05) is 0 Å². The fraction of sp³-hybridized carbons (Fsp3) is 1.00. The normalized spacial score (nSPS) is 55.0. The van der Waals surface area contributed by atoms with E-state index < -0.39 is 98.7 Å². The first-order valence-corrected chi connectivity index (χ1v) is 10.3. The monoisotopic (exact) mass is 472 g/mol. The minimum Gasteiger partial charge on any atom is -0.394 e. The summed E-state index contributed by atoms with van der Waals surface area (Å²) < 4.78 is 27.0. The van der Waals surface area contributed by atoms with Crippen LogP contribution in [0.15, 0.2) is 0 Å². The molecular weight excluding hydrogens is 440 g/mol. The van der Waals surface area contributed by atoms with Gasteiger partial charge in [0.05, 0.1) is 18.8 Å². The summed E-state index contributed by atoms with van der Waals surface area (Å²) in [5.41, 5.74) is 0. The van der Waals surface area contributed by atoms with Crippen molar-refractivity contribution in [2.45, 2.75) is 106 Å².